The predicted molar refractivity (Wildman–Crippen MR) is 56.0 cm³/mol. The molecule has 60 valence electrons. The fourth-order valence-electron chi connectivity index (χ4n) is 0.516. The van der Waals surface area contributed by atoms with Crippen molar-refractivity contribution in [1.82, 2.24) is 5.32 Å². The summed E-state index contributed by atoms with van der Waals surface area (Å²) in [5, 5.41) is 3.28. The molecule has 1 N–H and O–H groups in total. The molecule has 0 unspecified atom stereocenters. The van der Waals surface area contributed by atoms with Gasteiger partial charge in [-0.25, -0.2) is 0 Å². The Hall–Kier alpha value is 0.720. The lowest BCUT2D eigenvalue weighted by Gasteiger charge is -2.01. The highest BCUT2D eigenvalue weighted by Crippen LogP contribution is 1.92. The van der Waals surface area contributed by atoms with E-state index in [0.717, 1.165) is 13.1 Å². The maximum Gasteiger partial charge on any atom is 0.0173 e. The van der Waals surface area contributed by atoms with Gasteiger partial charge in [-0.05, 0) is 25.5 Å². The molecule has 0 aliphatic carbocycles. The van der Waals surface area contributed by atoms with E-state index < -0.39 is 0 Å². The predicted octanol–water partition coefficient (Wildman–Crippen LogP) is 2.54. The molecule has 0 aromatic carbocycles. The van der Waals surface area contributed by atoms with E-state index >= 15 is 0 Å². The van der Waals surface area contributed by atoms with E-state index in [2.05, 4.69) is 27.9 Å². The van der Waals surface area contributed by atoms with Crippen LogP contribution in [-0.2, 0) is 0 Å². The van der Waals surface area contributed by atoms with Gasteiger partial charge in [-0.15, -0.1) is 0 Å². The lowest BCUT2D eigenvalue weighted by Crippen LogP contribution is -2.17. The Morgan fingerprint density at radius 3 is 2.90 bits per heavy atom. The summed E-state index contributed by atoms with van der Waals surface area (Å²) >= 11 is 7.83. The average Bonchev–Trinajstić information content (AvgIpc) is 1.98. The van der Waals surface area contributed by atoms with E-state index in [0.29, 0.717) is 0 Å². The minimum atomic E-state index is 0.917. The zero-order valence-electron chi connectivity index (χ0n) is 6.16. The van der Waals surface area contributed by atoms with Gasteiger partial charge in [0, 0.05) is 16.5 Å². The Morgan fingerprint density at radius 1 is 1.70 bits per heavy atom. The molecule has 0 bridgehead atoms. The van der Waals surface area contributed by atoms with Gasteiger partial charge in [0.15, 0.2) is 0 Å². The molecule has 0 spiro atoms. The van der Waals surface area contributed by atoms with Crippen LogP contribution < -0.4 is 5.32 Å². The van der Waals surface area contributed by atoms with Crippen molar-refractivity contribution in [3.8, 4) is 0 Å². The third-order valence-corrected chi connectivity index (χ3v) is 2.21. The van der Waals surface area contributed by atoms with E-state index in [4.69, 9.17) is 11.6 Å². The number of rotatable bonds is 5. The van der Waals surface area contributed by atoms with Gasteiger partial charge in [-0.1, -0.05) is 34.2 Å². The number of hydrogen-bond donors (Lipinski definition) is 1. The molecule has 0 fully saturated rings. The van der Waals surface area contributed by atoms with Gasteiger partial charge < -0.3 is 5.32 Å². The average molecular weight is 274 g/mol. The number of nitrogens with one attached hydrogen (secondary N) is 1. The van der Waals surface area contributed by atoms with Crippen molar-refractivity contribution in [2.24, 2.45) is 0 Å². The molecule has 0 saturated carbocycles. The van der Waals surface area contributed by atoms with Crippen LogP contribution in [-0.4, -0.2) is 17.5 Å². The van der Waals surface area contributed by atoms with Gasteiger partial charge in [-0.2, -0.15) is 0 Å². The molecule has 0 amide bonds. The summed E-state index contributed by atoms with van der Waals surface area (Å²) in [7, 11) is 0. The van der Waals surface area contributed by atoms with Crippen molar-refractivity contribution in [3.05, 3.63) is 11.1 Å². The Morgan fingerprint density at radius 2 is 2.40 bits per heavy atom. The quantitative estimate of drug-likeness (QED) is 0.461. The summed E-state index contributed by atoms with van der Waals surface area (Å²) < 4.78 is 1.22. The molecule has 1 nitrogen and oxygen atoms in total. The van der Waals surface area contributed by atoms with Crippen LogP contribution in [0.25, 0.3) is 0 Å². The standard InChI is InChI=1S/C7H13ClIN/c1-7(5-8)6-10-4-2-3-9/h5,10H,2-4,6H2,1H3/b7-5+. The van der Waals surface area contributed by atoms with Gasteiger partial charge in [0.2, 0.25) is 0 Å². The summed E-state index contributed by atoms with van der Waals surface area (Å²) in [6.07, 6.45) is 1.23. The van der Waals surface area contributed by atoms with E-state index in [1.54, 1.807) is 5.54 Å². The molecule has 0 radical (unpaired) electrons. The zero-order chi connectivity index (χ0) is 7.82. The molecule has 0 aromatic rings. The third kappa shape index (κ3) is 6.83. The fourth-order valence-corrected chi connectivity index (χ4v) is 0.974. The first-order valence-electron chi connectivity index (χ1n) is 3.33. The maximum atomic E-state index is 5.46. The van der Waals surface area contributed by atoms with E-state index in [1.165, 1.54) is 16.4 Å². The molecular weight excluding hydrogens is 260 g/mol. The highest BCUT2D eigenvalue weighted by atomic mass is 127. The van der Waals surface area contributed by atoms with Crippen LogP contribution in [0.3, 0.4) is 0 Å². The molecule has 0 saturated heterocycles. The van der Waals surface area contributed by atoms with Gasteiger partial charge in [0.1, 0.15) is 0 Å². The second kappa shape index (κ2) is 7.82. The Bertz CT molecular complexity index is 104. The minimum absolute atomic E-state index is 0.917. The van der Waals surface area contributed by atoms with Gasteiger partial charge in [-0.3, -0.25) is 0 Å². The molecule has 10 heavy (non-hydrogen) atoms. The Kier molecular flexibility index (Phi) is 8.39. The van der Waals surface area contributed by atoms with Crippen molar-refractivity contribution in [2.45, 2.75) is 13.3 Å². The summed E-state index contributed by atoms with van der Waals surface area (Å²) in [6, 6.07) is 0. The summed E-state index contributed by atoms with van der Waals surface area (Å²) in [6.45, 7) is 4.02. The van der Waals surface area contributed by atoms with Crippen molar-refractivity contribution in [1.29, 1.82) is 0 Å². The normalized spacial score (nSPS) is 12.1. The molecule has 0 aromatic heterocycles. The highest BCUT2D eigenvalue weighted by Gasteiger charge is 1.87. The number of halogens is 2. The molecule has 0 aliphatic rings. The Labute approximate surface area is 81.4 Å². The molecule has 0 atom stereocenters. The summed E-state index contributed by atoms with van der Waals surface area (Å²) in [5.41, 5.74) is 2.81. The zero-order valence-corrected chi connectivity index (χ0v) is 9.08. The van der Waals surface area contributed by atoms with Gasteiger partial charge in [0.05, 0.1) is 0 Å². The van der Waals surface area contributed by atoms with Crippen molar-refractivity contribution < 1.29 is 0 Å². The first kappa shape index (κ1) is 10.7. The van der Waals surface area contributed by atoms with Crippen LogP contribution >= 0.6 is 34.2 Å². The van der Waals surface area contributed by atoms with Crippen LogP contribution in [0.15, 0.2) is 11.1 Å². The van der Waals surface area contributed by atoms with Crippen LogP contribution in [0.2, 0.25) is 0 Å². The van der Waals surface area contributed by atoms with E-state index in [9.17, 15) is 0 Å². The molecule has 0 aliphatic heterocycles. The van der Waals surface area contributed by atoms with Gasteiger partial charge >= 0.3 is 0 Å². The Balaban J connectivity index is 3.04. The lowest BCUT2D eigenvalue weighted by molar-refractivity contribution is 0.722. The number of alkyl halides is 1. The molecule has 0 rings (SSSR count). The van der Waals surface area contributed by atoms with Crippen molar-refractivity contribution in [2.75, 3.05) is 17.5 Å². The highest BCUT2D eigenvalue weighted by molar-refractivity contribution is 14.1. The first-order valence-corrected chi connectivity index (χ1v) is 5.30. The van der Waals surface area contributed by atoms with Crippen LogP contribution in [0, 0.1) is 0 Å². The van der Waals surface area contributed by atoms with Crippen molar-refractivity contribution in [3.63, 3.8) is 0 Å². The molecular formula is C7H13ClIN. The van der Waals surface area contributed by atoms with Crippen LogP contribution in [0.5, 0.6) is 0 Å². The molecule has 0 heterocycles. The van der Waals surface area contributed by atoms with Crippen molar-refractivity contribution >= 4 is 34.2 Å². The molecule has 3 heteroatoms. The summed E-state index contributed by atoms with van der Waals surface area (Å²) in [4.78, 5) is 0. The SMILES string of the molecule is C/C(=C\Cl)CNCCCI. The van der Waals surface area contributed by atoms with Gasteiger partial charge in [0.25, 0.3) is 0 Å². The first-order chi connectivity index (χ1) is 4.81. The topological polar surface area (TPSA) is 12.0 Å². The monoisotopic (exact) mass is 273 g/mol. The second-order valence-corrected chi connectivity index (χ2v) is 3.47. The largest absolute Gasteiger partial charge is 0.313 e. The summed E-state index contributed by atoms with van der Waals surface area (Å²) in [5.74, 6) is 0. The van der Waals surface area contributed by atoms with Crippen LogP contribution in [0.1, 0.15) is 13.3 Å². The second-order valence-electron chi connectivity index (χ2n) is 2.17. The van der Waals surface area contributed by atoms with Crippen LogP contribution in [0.4, 0.5) is 0 Å². The smallest absolute Gasteiger partial charge is 0.0173 e. The van der Waals surface area contributed by atoms with E-state index in [-0.39, 0.29) is 0 Å². The minimum Gasteiger partial charge on any atom is -0.313 e. The van der Waals surface area contributed by atoms with E-state index in [1.807, 2.05) is 6.92 Å². The lowest BCUT2D eigenvalue weighted by atomic mass is 10.3. The number of hydrogen-bond acceptors (Lipinski definition) is 1. The fraction of sp³-hybridized carbons (Fsp3) is 0.714. The maximum absolute atomic E-state index is 5.46. The third-order valence-electron chi connectivity index (χ3n) is 1.08.